The summed E-state index contributed by atoms with van der Waals surface area (Å²) in [5, 5.41) is 8.71. The molecule has 0 radical (unpaired) electrons. The van der Waals surface area contributed by atoms with Crippen molar-refractivity contribution in [3.8, 4) is 0 Å². The van der Waals surface area contributed by atoms with Gasteiger partial charge < -0.3 is 10.0 Å². The van der Waals surface area contributed by atoms with Crippen LogP contribution in [-0.2, 0) is 4.79 Å². The smallest absolute Gasteiger partial charge is 0.303 e. The van der Waals surface area contributed by atoms with Crippen LogP contribution in [0.5, 0.6) is 0 Å². The summed E-state index contributed by atoms with van der Waals surface area (Å²) in [6.45, 7) is 0. The maximum Gasteiger partial charge on any atom is 0.303 e. The van der Waals surface area contributed by atoms with Gasteiger partial charge in [0.25, 0.3) is 0 Å². The molecule has 2 atom stereocenters. The van der Waals surface area contributed by atoms with E-state index >= 15 is 0 Å². The molecular weight excluding hydrogens is 166 g/mol. The van der Waals surface area contributed by atoms with Gasteiger partial charge in [0, 0.05) is 18.5 Å². The van der Waals surface area contributed by atoms with Gasteiger partial charge in [-0.3, -0.25) is 4.79 Å². The van der Waals surface area contributed by atoms with E-state index < -0.39 is 5.97 Å². The van der Waals surface area contributed by atoms with Crippen LogP contribution in [0.25, 0.3) is 0 Å². The lowest BCUT2D eigenvalue weighted by Crippen LogP contribution is -2.40. The third kappa shape index (κ3) is 1.70. The fraction of sp³-hybridized carbons (Fsp3) is 0.900. The predicted molar refractivity (Wildman–Crippen MR) is 49.5 cm³/mol. The molecule has 1 N–H and O–H groups in total. The van der Waals surface area contributed by atoms with Crippen molar-refractivity contribution < 1.29 is 9.90 Å². The zero-order chi connectivity index (χ0) is 9.42. The molecule has 2 fully saturated rings. The number of hydrogen-bond donors (Lipinski definition) is 1. The van der Waals surface area contributed by atoms with E-state index in [0.717, 1.165) is 12.8 Å². The van der Waals surface area contributed by atoms with E-state index in [1.54, 1.807) is 0 Å². The van der Waals surface area contributed by atoms with Gasteiger partial charge in [-0.25, -0.2) is 0 Å². The highest BCUT2D eigenvalue weighted by molar-refractivity contribution is 5.67. The highest BCUT2D eigenvalue weighted by Gasteiger charge is 2.38. The van der Waals surface area contributed by atoms with Crippen molar-refractivity contribution >= 4 is 5.97 Å². The fourth-order valence-corrected chi connectivity index (χ4v) is 2.94. The number of carboxylic acids is 1. The SMILES string of the molecule is CN1[C@@H]2CC[C@@H]1CC(CC(=O)O)C2. The second-order valence-corrected chi connectivity index (χ2v) is 4.49. The molecule has 0 aromatic rings. The number of carbonyl (C=O) groups is 1. The highest BCUT2D eigenvalue weighted by Crippen LogP contribution is 2.38. The quantitative estimate of drug-likeness (QED) is 0.702. The van der Waals surface area contributed by atoms with Crippen molar-refractivity contribution in [2.24, 2.45) is 5.92 Å². The first-order chi connectivity index (χ1) is 6.16. The maximum absolute atomic E-state index is 10.6. The summed E-state index contributed by atoms with van der Waals surface area (Å²) >= 11 is 0. The molecule has 2 bridgehead atoms. The Hall–Kier alpha value is -0.570. The third-order valence-electron chi connectivity index (χ3n) is 3.66. The second-order valence-electron chi connectivity index (χ2n) is 4.49. The van der Waals surface area contributed by atoms with E-state index in [4.69, 9.17) is 5.11 Å². The summed E-state index contributed by atoms with van der Waals surface area (Å²) in [5.41, 5.74) is 0. The van der Waals surface area contributed by atoms with Crippen molar-refractivity contribution in [1.82, 2.24) is 4.90 Å². The molecule has 2 heterocycles. The summed E-state index contributed by atoms with van der Waals surface area (Å²) in [4.78, 5) is 13.0. The van der Waals surface area contributed by atoms with Crippen molar-refractivity contribution in [1.29, 1.82) is 0 Å². The summed E-state index contributed by atoms with van der Waals surface area (Å²) < 4.78 is 0. The standard InChI is InChI=1S/C10H17NO2/c1-11-8-2-3-9(11)5-7(4-8)6-10(12)13/h7-9H,2-6H2,1H3,(H,12,13)/t8-,9-/m1/s1. The van der Waals surface area contributed by atoms with Crippen LogP contribution in [0.4, 0.5) is 0 Å². The Balaban J connectivity index is 1.95. The molecule has 74 valence electrons. The first-order valence-electron chi connectivity index (χ1n) is 5.10. The molecule has 13 heavy (non-hydrogen) atoms. The lowest BCUT2D eigenvalue weighted by Gasteiger charge is -2.35. The van der Waals surface area contributed by atoms with E-state index in [2.05, 4.69) is 11.9 Å². The predicted octanol–water partition coefficient (Wildman–Crippen LogP) is 1.33. The first-order valence-corrected chi connectivity index (χ1v) is 5.10. The van der Waals surface area contributed by atoms with Crippen LogP contribution in [-0.4, -0.2) is 35.1 Å². The molecule has 2 aliphatic heterocycles. The molecular formula is C10H17NO2. The van der Waals surface area contributed by atoms with E-state index in [1.165, 1.54) is 12.8 Å². The average Bonchev–Trinajstić information content (AvgIpc) is 2.33. The molecule has 0 saturated carbocycles. The van der Waals surface area contributed by atoms with Crippen molar-refractivity contribution in [2.75, 3.05) is 7.05 Å². The van der Waals surface area contributed by atoms with E-state index in [0.29, 0.717) is 24.4 Å². The number of hydrogen-bond acceptors (Lipinski definition) is 2. The van der Waals surface area contributed by atoms with Crippen LogP contribution < -0.4 is 0 Å². The summed E-state index contributed by atoms with van der Waals surface area (Å²) in [7, 11) is 2.18. The second kappa shape index (κ2) is 3.29. The summed E-state index contributed by atoms with van der Waals surface area (Å²) in [6.07, 6.45) is 5.12. The van der Waals surface area contributed by atoms with E-state index in [1.807, 2.05) is 0 Å². The van der Waals surface area contributed by atoms with Crippen LogP contribution in [0.3, 0.4) is 0 Å². The maximum atomic E-state index is 10.6. The van der Waals surface area contributed by atoms with Crippen LogP contribution in [0.2, 0.25) is 0 Å². The van der Waals surface area contributed by atoms with Crippen molar-refractivity contribution in [3.05, 3.63) is 0 Å². The summed E-state index contributed by atoms with van der Waals surface area (Å²) in [5.74, 6) is -0.194. The minimum Gasteiger partial charge on any atom is -0.481 e. The molecule has 2 rings (SSSR count). The first kappa shape index (κ1) is 9.00. The Morgan fingerprint density at radius 2 is 1.92 bits per heavy atom. The molecule has 0 aliphatic carbocycles. The molecule has 0 spiro atoms. The number of aliphatic carboxylic acids is 1. The van der Waals surface area contributed by atoms with Crippen LogP contribution in [0, 0.1) is 5.92 Å². The van der Waals surface area contributed by atoms with Gasteiger partial charge >= 0.3 is 5.97 Å². The number of fused-ring (bicyclic) bond motifs is 2. The van der Waals surface area contributed by atoms with Gasteiger partial charge in [-0.1, -0.05) is 0 Å². The van der Waals surface area contributed by atoms with Crippen molar-refractivity contribution in [3.63, 3.8) is 0 Å². The number of carboxylic acid groups (broad SMARTS) is 1. The Morgan fingerprint density at radius 3 is 2.38 bits per heavy atom. The Bertz CT molecular complexity index is 203. The Labute approximate surface area is 78.7 Å². The van der Waals surface area contributed by atoms with E-state index in [9.17, 15) is 4.79 Å². The fourth-order valence-electron chi connectivity index (χ4n) is 2.94. The largest absolute Gasteiger partial charge is 0.481 e. The van der Waals surface area contributed by atoms with Gasteiger partial charge in [-0.05, 0) is 38.6 Å². The molecule has 0 aromatic carbocycles. The molecule has 3 heteroatoms. The Morgan fingerprint density at radius 1 is 1.38 bits per heavy atom. The van der Waals surface area contributed by atoms with Crippen LogP contribution >= 0.6 is 0 Å². The van der Waals surface area contributed by atoms with Gasteiger partial charge in [0.2, 0.25) is 0 Å². The van der Waals surface area contributed by atoms with Gasteiger partial charge in [0.05, 0.1) is 0 Å². The molecule has 0 unspecified atom stereocenters. The molecule has 2 aliphatic rings. The van der Waals surface area contributed by atoms with Crippen molar-refractivity contribution in [2.45, 2.75) is 44.2 Å². The molecule has 2 saturated heterocycles. The summed E-state index contributed by atoms with van der Waals surface area (Å²) in [6, 6.07) is 1.34. The van der Waals surface area contributed by atoms with Crippen LogP contribution in [0.15, 0.2) is 0 Å². The normalized spacial score (nSPS) is 39.3. The highest BCUT2D eigenvalue weighted by atomic mass is 16.4. The van der Waals surface area contributed by atoms with Gasteiger partial charge in [-0.15, -0.1) is 0 Å². The van der Waals surface area contributed by atoms with Gasteiger partial charge in [0.1, 0.15) is 0 Å². The van der Waals surface area contributed by atoms with Gasteiger partial charge in [0.15, 0.2) is 0 Å². The van der Waals surface area contributed by atoms with E-state index in [-0.39, 0.29) is 0 Å². The number of nitrogens with zero attached hydrogens (tertiary/aromatic N) is 1. The topological polar surface area (TPSA) is 40.5 Å². The number of piperidine rings is 1. The minimum atomic E-state index is -0.631. The zero-order valence-corrected chi connectivity index (χ0v) is 8.07. The zero-order valence-electron chi connectivity index (χ0n) is 8.07. The monoisotopic (exact) mass is 183 g/mol. The minimum absolute atomic E-state index is 0.376. The number of rotatable bonds is 2. The van der Waals surface area contributed by atoms with Gasteiger partial charge in [-0.2, -0.15) is 0 Å². The molecule has 0 aromatic heterocycles. The molecule has 0 amide bonds. The lowest BCUT2D eigenvalue weighted by molar-refractivity contribution is -0.138. The average molecular weight is 183 g/mol. The van der Waals surface area contributed by atoms with Crippen LogP contribution in [0.1, 0.15) is 32.1 Å². The Kier molecular flexibility index (Phi) is 2.28. The molecule has 3 nitrogen and oxygen atoms in total. The lowest BCUT2D eigenvalue weighted by atomic mass is 9.89. The third-order valence-corrected chi connectivity index (χ3v) is 3.66.